The third-order valence-electron chi connectivity index (χ3n) is 3.85. The Hall–Kier alpha value is -2.34. The van der Waals surface area contributed by atoms with Gasteiger partial charge in [-0.15, -0.1) is 0 Å². The van der Waals surface area contributed by atoms with Crippen molar-refractivity contribution in [3.63, 3.8) is 0 Å². The van der Waals surface area contributed by atoms with E-state index in [4.69, 9.17) is 4.74 Å². The number of methoxy groups -OCH3 is 1. The molecule has 2 aromatic rings. The molecule has 0 heterocycles. The molecule has 0 aromatic heterocycles. The minimum atomic E-state index is -0.147. The second-order valence-corrected chi connectivity index (χ2v) is 6.48. The maximum Gasteiger partial charge on any atom is 0.251 e. The lowest BCUT2D eigenvalue weighted by Gasteiger charge is -2.10. The minimum Gasteiger partial charge on any atom is -0.496 e. The summed E-state index contributed by atoms with van der Waals surface area (Å²) in [4.78, 5) is 23.8. The van der Waals surface area contributed by atoms with E-state index in [1.54, 1.807) is 32.4 Å². The molecule has 0 spiro atoms. The largest absolute Gasteiger partial charge is 0.496 e. The maximum absolute atomic E-state index is 12.2. The first kappa shape index (κ1) is 19.0. The van der Waals surface area contributed by atoms with Gasteiger partial charge in [0.2, 0.25) is 5.91 Å². The molecule has 2 N–H and O–H groups in total. The molecule has 0 aliphatic carbocycles. The first-order chi connectivity index (χ1) is 11.9. The van der Waals surface area contributed by atoms with Crippen LogP contribution in [0.25, 0.3) is 0 Å². The average molecular weight is 405 g/mol. The Morgan fingerprint density at radius 1 is 1.16 bits per heavy atom. The highest BCUT2D eigenvalue weighted by Gasteiger charge is 2.09. The Balaban J connectivity index is 1.96. The second-order valence-electron chi connectivity index (χ2n) is 5.63. The van der Waals surface area contributed by atoms with E-state index in [9.17, 15) is 9.59 Å². The zero-order valence-electron chi connectivity index (χ0n) is 14.5. The molecule has 0 aliphatic rings. The third kappa shape index (κ3) is 5.06. The molecule has 132 valence electrons. The summed E-state index contributed by atoms with van der Waals surface area (Å²) < 4.78 is 6.07. The lowest BCUT2D eigenvalue weighted by atomic mass is 10.1. The molecule has 6 heteroatoms. The van der Waals surface area contributed by atoms with E-state index in [2.05, 4.69) is 26.6 Å². The number of aryl methyl sites for hydroxylation is 2. The number of carbonyl (C=O) groups is 2. The van der Waals surface area contributed by atoms with Crippen molar-refractivity contribution in [2.24, 2.45) is 0 Å². The van der Waals surface area contributed by atoms with Gasteiger partial charge in [0.15, 0.2) is 0 Å². The van der Waals surface area contributed by atoms with E-state index >= 15 is 0 Å². The summed E-state index contributed by atoms with van der Waals surface area (Å²) in [6.45, 7) is 1.86. The van der Waals surface area contributed by atoms with E-state index < -0.39 is 0 Å². The van der Waals surface area contributed by atoms with Gasteiger partial charge < -0.3 is 15.4 Å². The quantitative estimate of drug-likeness (QED) is 0.770. The first-order valence-electron chi connectivity index (χ1n) is 7.89. The van der Waals surface area contributed by atoms with E-state index in [1.165, 1.54) is 0 Å². The summed E-state index contributed by atoms with van der Waals surface area (Å²) in [5.41, 5.74) is 3.19. The summed E-state index contributed by atoms with van der Waals surface area (Å²) >= 11 is 3.44. The smallest absolute Gasteiger partial charge is 0.251 e. The van der Waals surface area contributed by atoms with Crippen LogP contribution in [0.1, 0.15) is 27.9 Å². The van der Waals surface area contributed by atoms with E-state index in [1.807, 2.05) is 25.1 Å². The van der Waals surface area contributed by atoms with Crippen molar-refractivity contribution >= 4 is 33.4 Å². The van der Waals surface area contributed by atoms with Crippen molar-refractivity contribution in [2.45, 2.75) is 19.8 Å². The fourth-order valence-corrected chi connectivity index (χ4v) is 3.01. The lowest BCUT2D eigenvalue weighted by Crippen LogP contribution is -2.18. The lowest BCUT2D eigenvalue weighted by molar-refractivity contribution is -0.116. The SMILES string of the molecule is CNC(=O)c1ccc(NC(=O)CCc2ccc(OC)c(Br)c2)c(C)c1. The highest BCUT2D eigenvalue weighted by atomic mass is 79.9. The highest BCUT2D eigenvalue weighted by Crippen LogP contribution is 2.26. The molecule has 0 radical (unpaired) electrons. The van der Waals surface area contributed by atoms with Gasteiger partial charge in [-0.1, -0.05) is 6.07 Å². The average Bonchev–Trinajstić information content (AvgIpc) is 2.61. The van der Waals surface area contributed by atoms with Crippen molar-refractivity contribution in [3.8, 4) is 5.75 Å². The summed E-state index contributed by atoms with van der Waals surface area (Å²) in [6.07, 6.45) is 0.999. The predicted molar refractivity (Wildman–Crippen MR) is 102 cm³/mol. The van der Waals surface area contributed by atoms with Gasteiger partial charge in [-0.3, -0.25) is 9.59 Å². The number of benzene rings is 2. The number of hydrogen-bond donors (Lipinski definition) is 2. The minimum absolute atomic E-state index is 0.0669. The zero-order valence-corrected chi connectivity index (χ0v) is 16.1. The predicted octanol–water partition coefficient (Wildman–Crippen LogP) is 3.70. The first-order valence-corrected chi connectivity index (χ1v) is 8.69. The van der Waals surface area contributed by atoms with Crippen LogP contribution in [-0.2, 0) is 11.2 Å². The molecule has 2 aromatic carbocycles. The molecule has 0 fully saturated rings. The molecular formula is C19H21BrN2O3. The number of hydrogen-bond acceptors (Lipinski definition) is 3. The molecular weight excluding hydrogens is 384 g/mol. The van der Waals surface area contributed by atoms with Crippen molar-refractivity contribution in [1.82, 2.24) is 5.32 Å². The Labute approximate surface area is 155 Å². The molecule has 2 rings (SSSR count). The van der Waals surface area contributed by atoms with Crippen LogP contribution < -0.4 is 15.4 Å². The van der Waals surface area contributed by atoms with Crippen LogP contribution in [0, 0.1) is 6.92 Å². The number of halogens is 1. The molecule has 0 unspecified atom stereocenters. The van der Waals surface area contributed by atoms with Crippen LogP contribution in [0.15, 0.2) is 40.9 Å². The number of amides is 2. The van der Waals surface area contributed by atoms with Crippen LogP contribution in [0.5, 0.6) is 5.75 Å². The van der Waals surface area contributed by atoms with Crippen LogP contribution in [-0.4, -0.2) is 26.0 Å². The molecule has 5 nitrogen and oxygen atoms in total. The fraction of sp³-hybridized carbons (Fsp3) is 0.263. The Bertz CT molecular complexity index is 790. The van der Waals surface area contributed by atoms with Gasteiger partial charge in [0, 0.05) is 24.7 Å². The number of carbonyl (C=O) groups excluding carboxylic acids is 2. The molecule has 2 amide bonds. The van der Waals surface area contributed by atoms with Crippen molar-refractivity contribution < 1.29 is 14.3 Å². The number of nitrogens with one attached hydrogen (secondary N) is 2. The van der Waals surface area contributed by atoms with Crippen molar-refractivity contribution in [3.05, 3.63) is 57.6 Å². The van der Waals surface area contributed by atoms with E-state index in [0.29, 0.717) is 24.1 Å². The zero-order chi connectivity index (χ0) is 18.4. The number of rotatable bonds is 6. The maximum atomic E-state index is 12.2. The monoisotopic (exact) mass is 404 g/mol. The summed E-state index contributed by atoms with van der Waals surface area (Å²) in [5.74, 6) is 0.550. The summed E-state index contributed by atoms with van der Waals surface area (Å²) in [7, 11) is 3.20. The van der Waals surface area contributed by atoms with Gasteiger partial charge in [0.1, 0.15) is 5.75 Å². The van der Waals surface area contributed by atoms with Crippen LogP contribution >= 0.6 is 15.9 Å². The Morgan fingerprint density at radius 2 is 1.92 bits per heavy atom. The van der Waals surface area contributed by atoms with E-state index in [0.717, 1.165) is 21.3 Å². The Morgan fingerprint density at radius 3 is 2.52 bits per heavy atom. The van der Waals surface area contributed by atoms with E-state index in [-0.39, 0.29) is 11.8 Å². The van der Waals surface area contributed by atoms with Gasteiger partial charge in [-0.2, -0.15) is 0 Å². The van der Waals surface area contributed by atoms with Crippen molar-refractivity contribution in [2.75, 3.05) is 19.5 Å². The highest BCUT2D eigenvalue weighted by molar-refractivity contribution is 9.10. The normalized spacial score (nSPS) is 10.2. The Kier molecular flexibility index (Phi) is 6.58. The second kappa shape index (κ2) is 8.67. The molecule has 0 aliphatic heterocycles. The molecule has 0 atom stereocenters. The van der Waals surface area contributed by atoms with Crippen LogP contribution in [0.3, 0.4) is 0 Å². The van der Waals surface area contributed by atoms with Gasteiger partial charge >= 0.3 is 0 Å². The molecule has 0 bridgehead atoms. The molecule has 0 saturated heterocycles. The van der Waals surface area contributed by atoms with Crippen LogP contribution in [0.4, 0.5) is 5.69 Å². The van der Waals surface area contributed by atoms with Gasteiger partial charge in [-0.25, -0.2) is 0 Å². The standard InChI is InChI=1S/C19H21BrN2O3/c1-12-10-14(19(24)21-2)6-7-16(12)22-18(23)9-5-13-4-8-17(25-3)15(20)11-13/h4,6-8,10-11H,5,9H2,1-3H3,(H,21,24)(H,22,23). The summed E-state index contributed by atoms with van der Waals surface area (Å²) in [5, 5.41) is 5.48. The summed E-state index contributed by atoms with van der Waals surface area (Å²) in [6, 6.07) is 11.0. The number of ether oxygens (including phenoxy) is 1. The van der Waals surface area contributed by atoms with Crippen molar-refractivity contribution in [1.29, 1.82) is 0 Å². The number of anilines is 1. The van der Waals surface area contributed by atoms with Gasteiger partial charge in [0.25, 0.3) is 5.91 Å². The third-order valence-corrected chi connectivity index (χ3v) is 4.47. The fourth-order valence-electron chi connectivity index (χ4n) is 2.43. The molecule has 25 heavy (non-hydrogen) atoms. The topological polar surface area (TPSA) is 67.4 Å². The molecule has 0 saturated carbocycles. The van der Waals surface area contributed by atoms with Gasteiger partial charge in [0.05, 0.1) is 11.6 Å². The van der Waals surface area contributed by atoms with Crippen LogP contribution in [0.2, 0.25) is 0 Å². The van der Waals surface area contributed by atoms with Gasteiger partial charge in [-0.05, 0) is 70.7 Å².